The number of thioether (sulfide) groups is 2. The van der Waals surface area contributed by atoms with Crippen LogP contribution in [0.3, 0.4) is 0 Å². The molecule has 2 atom stereocenters. The van der Waals surface area contributed by atoms with Crippen LogP contribution in [0.5, 0.6) is 0 Å². The van der Waals surface area contributed by atoms with Crippen LogP contribution in [-0.2, 0) is 28.0 Å². The van der Waals surface area contributed by atoms with Gasteiger partial charge in [0.15, 0.2) is 12.4 Å². The van der Waals surface area contributed by atoms with Crippen molar-refractivity contribution in [2.45, 2.75) is 23.1 Å². The number of tetrazole rings is 1. The summed E-state index contributed by atoms with van der Waals surface area (Å²) >= 11 is 2.81. The summed E-state index contributed by atoms with van der Waals surface area (Å²) in [5, 5.41) is 33.1. The molecule has 2 aliphatic rings. The van der Waals surface area contributed by atoms with Crippen molar-refractivity contribution in [3.05, 3.63) is 35.8 Å². The number of hydrogen-bond donors (Lipinski definition) is 3. The van der Waals surface area contributed by atoms with Crippen LogP contribution in [0.4, 0.5) is 5.69 Å². The molecule has 12 nitrogen and oxygen atoms in total. The quantitative estimate of drug-likeness (QED) is 0.261. The average Bonchev–Trinajstić information content (AvgIpc) is 3.15. The zero-order valence-corrected chi connectivity index (χ0v) is 17.8. The molecule has 162 valence electrons. The van der Waals surface area contributed by atoms with Crippen LogP contribution in [0.25, 0.3) is 0 Å². The molecule has 1 amide bonds. The fraction of sp³-hybridized carbons (Fsp3) is 0.353. The Morgan fingerprint density at radius 2 is 2.10 bits per heavy atom. The molecule has 2 aromatic rings. The maximum absolute atomic E-state index is 12.8. The number of nitrogens with one attached hydrogen (secondary N) is 1. The number of aromatic nitrogens is 5. The van der Waals surface area contributed by atoms with E-state index in [1.54, 1.807) is 31.6 Å². The van der Waals surface area contributed by atoms with Gasteiger partial charge in [0.1, 0.15) is 17.1 Å². The van der Waals surface area contributed by atoms with E-state index in [-0.39, 0.29) is 23.5 Å². The fourth-order valence-electron chi connectivity index (χ4n) is 3.28. The minimum atomic E-state index is -1.14. The number of β-lactam (4-membered cyclic amide) rings is 1. The van der Waals surface area contributed by atoms with E-state index in [1.807, 2.05) is 0 Å². The van der Waals surface area contributed by atoms with Gasteiger partial charge in [-0.3, -0.25) is 9.69 Å². The van der Waals surface area contributed by atoms with Gasteiger partial charge in [-0.2, -0.15) is 4.57 Å². The maximum Gasteiger partial charge on any atom is 0.370 e. The van der Waals surface area contributed by atoms with Gasteiger partial charge in [0.05, 0.1) is 0 Å². The number of aliphatic carboxylic acids is 2. The third kappa shape index (κ3) is 4.20. The third-order valence-electron chi connectivity index (χ3n) is 4.74. The number of carbonyl (C=O) groups excluding carboxylic acids is 1. The van der Waals surface area contributed by atoms with E-state index in [1.165, 1.54) is 37.7 Å². The van der Waals surface area contributed by atoms with Crippen molar-refractivity contribution in [3.8, 4) is 0 Å². The average molecular weight is 465 g/mol. The van der Waals surface area contributed by atoms with Crippen LogP contribution < -0.4 is 9.88 Å². The van der Waals surface area contributed by atoms with E-state index >= 15 is 0 Å². The number of anilines is 1. The Labute approximate surface area is 184 Å². The Balaban J connectivity index is 1.46. The van der Waals surface area contributed by atoms with Crippen LogP contribution in [0.2, 0.25) is 0 Å². The summed E-state index contributed by atoms with van der Waals surface area (Å²) in [4.78, 5) is 36.8. The summed E-state index contributed by atoms with van der Waals surface area (Å²) in [5.41, 5.74) is 1.31. The second-order valence-electron chi connectivity index (χ2n) is 6.82. The predicted molar refractivity (Wildman–Crippen MR) is 109 cm³/mol. The first-order valence-electron chi connectivity index (χ1n) is 9.07. The molecule has 1 saturated heterocycles. The number of aryl methyl sites for hydroxylation is 1. The monoisotopic (exact) mass is 464 g/mol. The lowest BCUT2D eigenvalue weighted by molar-refractivity contribution is -0.685. The van der Waals surface area contributed by atoms with E-state index in [4.69, 9.17) is 5.11 Å². The predicted octanol–water partition coefficient (Wildman–Crippen LogP) is -0.591. The van der Waals surface area contributed by atoms with E-state index in [9.17, 15) is 19.5 Å². The van der Waals surface area contributed by atoms with Crippen molar-refractivity contribution in [2.75, 3.05) is 16.8 Å². The summed E-state index contributed by atoms with van der Waals surface area (Å²) in [6.45, 7) is -0.160. The lowest BCUT2D eigenvalue weighted by Gasteiger charge is -2.49. The van der Waals surface area contributed by atoms with Gasteiger partial charge in [0, 0.05) is 36.4 Å². The molecule has 0 aromatic carbocycles. The molecule has 0 unspecified atom stereocenters. The van der Waals surface area contributed by atoms with Crippen molar-refractivity contribution >= 4 is 47.1 Å². The number of nitrogens with zero attached hydrogens (tertiary/aromatic N) is 6. The van der Waals surface area contributed by atoms with Crippen molar-refractivity contribution in [3.63, 3.8) is 0 Å². The minimum Gasteiger partial charge on any atom is -0.477 e. The van der Waals surface area contributed by atoms with E-state index in [2.05, 4.69) is 20.8 Å². The topological polar surface area (TPSA) is 154 Å². The second-order valence-corrected chi connectivity index (χ2v) is 8.86. The van der Waals surface area contributed by atoms with Gasteiger partial charge in [-0.05, 0) is 16.0 Å². The lowest BCUT2D eigenvalue weighted by Crippen LogP contribution is -2.67. The van der Waals surface area contributed by atoms with Crippen molar-refractivity contribution < 1.29 is 29.2 Å². The normalized spacial score (nSPS) is 20.3. The highest BCUT2D eigenvalue weighted by Gasteiger charge is 2.53. The largest absolute Gasteiger partial charge is 0.477 e. The summed E-state index contributed by atoms with van der Waals surface area (Å²) in [6, 6.07) is 2.79. The smallest absolute Gasteiger partial charge is 0.370 e. The van der Waals surface area contributed by atoms with E-state index in [0.717, 1.165) is 0 Å². The Morgan fingerprint density at radius 3 is 2.71 bits per heavy atom. The molecule has 0 radical (unpaired) electrons. The van der Waals surface area contributed by atoms with Gasteiger partial charge in [-0.1, -0.05) is 11.8 Å². The Hall–Kier alpha value is -3.13. The lowest BCUT2D eigenvalue weighted by atomic mass is 10.0. The number of pyridine rings is 1. The molecule has 3 N–H and O–H groups in total. The van der Waals surface area contributed by atoms with Gasteiger partial charge in [0.25, 0.3) is 5.91 Å². The van der Waals surface area contributed by atoms with Crippen molar-refractivity contribution in [2.24, 2.45) is 7.05 Å². The van der Waals surface area contributed by atoms with Gasteiger partial charge in [-0.25, -0.2) is 14.3 Å². The molecule has 14 heteroatoms. The van der Waals surface area contributed by atoms with Crippen LogP contribution in [0, 0.1) is 0 Å². The molecular formula is C17H18N7O5S2+. The molecule has 0 saturated carbocycles. The van der Waals surface area contributed by atoms with Crippen LogP contribution in [0.1, 0.15) is 0 Å². The zero-order chi connectivity index (χ0) is 22.1. The van der Waals surface area contributed by atoms with E-state index < -0.39 is 18.0 Å². The molecule has 4 heterocycles. The highest BCUT2D eigenvalue weighted by Crippen LogP contribution is 2.42. The van der Waals surface area contributed by atoms with Crippen LogP contribution >= 0.6 is 23.5 Å². The third-order valence-corrected chi connectivity index (χ3v) is 7.17. The van der Waals surface area contributed by atoms with Crippen LogP contribution in [-0.4, -0.2) is 76.1 Å². The molecule has 2 aliphatic heterocycles. The van der Waals surface area contributed by atoms with Gasteiger partial charge in [0.2, 0.25) is 11.7 Å². The first-order chi connectivity index (χ1) is 14.8. The number of carboxylic acids is 2. The van der Waals surface area contributed by atoms with Gasteiger partial charge >= 0.3 is 11.9 Å². The summed E-state index contributed by atoms with van der Waals surface area (Å²) in [5.74, 6) is -1.58. The Kier molecular flexibility index (Phi) is 5.82. The summed E-state index contributed by atoms with van der Waals surface area (Å²) in [6.07, 6.45) is 3.20. The Morgan fingerprint density at radius 1 is 1.35 bits per heavy atom. The van der Waals surface area contributed by atoms with Gasteiger partial charge in [-0.15, -0.1) is 16.9 Å². The van der Waals surface area contributed by atoms with Crippen molar-refractivity contribution in [1.29, 1.82) is 0 Å². The first-order valence-corrected chi connectivity index (χ1v) is 11.1. The van der Waals surface area contributed by atoms with Crippen molar-refractivity contribution in [1.82, 2.24) is 25.1 Å². The number of carbonyl (C=O) groups is 3. The standard InChI is InChI=1S/C17H17N7O5S2/c1-22-17(19-20-21-22)31-8-9-7-30-15-12(14(27)24(15)13(9)16(28)29)18-10-2-4-23(5-3-10)6-11(25)26/h2-5,12,15H,6-8H2,1H3,(H2,25,26,28,29)/p+1/t12-,15-/m1/s1. The van der Waals surface area contributed by atoms with Gasteiger partial charge < -0.3 is 15.5 Å². The highest BCUT2D eigenvalue weighted by molar-refractivity contribution is 8.01. The Bertz CT molecular complexity index is 1070. The molecule has 0 aliphatic carbocycles. The highest BCUT2D eigenvalue weighted by atomic mass is 32.2. The molecular weight excluding hydrogens is 446 g/mol. The molecule has 4 rings (SSSR count). The molecule has 0 spiro atoms. The summed E-state index contributed by atoms with van der Waals surface area (Å²) < 4.78 is 3.00. The molecule has 1 fully saturated rings. The summed E-state index contributed by atoms with van der Waals surface area (Å²) in [7, 11) is 1.70. The number of carboxylic acid groups (broad SMARTS) is 2. The minimum absolute atomic E-state index is 0.0155. The fourth-order valence-corrected chi connectivity index (χ4v) is 5.62. The SMILES string of the molecule is Cn1nnnc1SCC1=C(C(=O)O)N2C(=O)[C@@H](Nc3cc[n+](CC(=O)O)cc3)[C@H]2SC1. The number of amides is 1. The first kappa shape index (κ1) is 21.1. The number of hydrogen-bond acceptors (Lipinski definition) is 9. The second kappa shape index (κ2) is 8.55. The molecule has 31 heavy (non-hydrogen) atoms. The van der Waals surface area contributed by atoms with E-state index in [0.29, 0.717) is 27.9 Å². The maximum atomic E-state index is 12.8. The number of rotatable bonds is 8. The molecule has 0 bridgehead atoms. The zero-order valence-electron chi connectivity index (χ0n) is 16.2. The molecule has 2 aromatic heterocycles. The van der Waals surface area contributed by atoms with Crippen LogP contribution in [0.15, 0.2) is 41.0 Å². The number of fused-ring (bicyclic) bond motifs is 1.